The number of aldehydes is 1. The van der Waals surface area contributed by atoms with Gasteiger partial charge < -0.3 is 9.53 Å². The number of benzene rings is 1. The standard InChI is InChI=1S/C9H6F3NO4/c10-9(11,12)17-7-2-1-6(3-4-14)8(5-7)13(15)16/h1-2,4-5H,3H2. The molecule has 5 nitrogen and oxygen atoms in total. The molecule has 0 atom stereocenters. The first-order chi connectivity index (χ1) is 7.83. The number of halogens is 3. The quantitative estimate of drug-likeness (QED) is 0.466. The number of nitro groups is 1. The fourth-order valence-electron chi connectivity index (χ4n) is 1.17. The number of carbonyl (C=O) groups excluding carboxylic acids is 1. The summed E-state index contributed by atoms with van der Waals surface area (Å²) in [6.45, 7) is 0. The van der Waals surface area contributed by atoms with Crippen LogP contribution in [0.15, 0.2) is 18.2 Å². The second kappa shape index (κ2) is 4.81. The predicted octanol–water partition coefficient (Wildman–Crippen LogP) is 2.23. The van der Waals surface area contributed by atoms with Gasteiger partial charge in [0.05, 0.1) is 11.0 Å². The number of carbonyl (C=O) groups is 1. The van der Waals surface area contributed by atoms with Gasteiger partial charge in [-0.1, -0.05) is 0 Å². The van der Waals surface area contributed by atoms with Crippen LogP contribution in [0.5, 0.6) is 5.75 Å². The largest absolute Gasteiger partial charge is 0.573 e. The Bertz CT molecular complexity index is 444. The molecule has 0 bridgehead atoms. The van der Waals surface area contributed by atoms with Crippen molar-refractivity contribution in [2.24, 2.45) is 0 Å². The highest BCUT2D eigenvalue weighted by atomic mass is 19.4. The molecule has 0 aliphatic heterocycles. The van der Waals surface area contributed by atoms with Crippen molar-refractivity contribution in [1.82, 2.24) is 0 Å². The summed E-state index contributed by atoms with van der Waals surface area (Å²) >= 11 is 0. The Morgan fingerprint density at radius 3 is 2.53 bits per heavy atom. The topological polar surface area (TPSA) is 69.4 Å². The third-order valence-electron chi connectivity index (χ3n) is 1.79. The van der Waals surface area contributed by atoms with E-state index in [2.05, 4.69) is 4.74 Å². The maximum Gasteiger partial charge on any atom is 0.573 e. The van der Waals surface area contributed by atoms with Crippen molar-refractivity contribution in [3.05, 3.63) is 33.9 Å². The molecular weight excluding hydrogens is 243 g/mol. The molecule has 1 aromatic carbocycles. The molecule has 0 saturated carbocycles. The van der Waals surface area contributed by atoms with Crippen LogP contribution in [0.4, 0.5) is 18.9 Å². The van der Waals surface area contributed by atoms with Crippen molar-refractivity contribution in [1.29, 1.82) is 0 Å². The first-order valence-corrected chi connectivity index (χ1v) is 4.30. The molecule has 0 N–H and O–H groups in total. The van der Waals surface area contributed by atoms with Gasteiger partial charge in [-0.3, -0.25) is 10.1 Å². The molecular formula is C9H6F3NO4. The number of ether oxygens (including phenoxy) is 1. The first-order valence-electron chi connectivity index (χ1n) is 4.30. The first kappa shape index (κ1) is 12.9. The van der Waals surface area contributed by atoms with Crippen molar-refractivity contribution in [3.8, 4) is 5.75 Å². The molecule has 92 valence electrons. The van der Waals surface area contributed by atoms with E-state index < -0.39 is 22.7 Å². The minimum atomic E-state index is -4.92. The molecule has 0 aromatic heterocycles. The van der Waals surface area contributed by atoms with E-state index >= 15 is 0 Å². The van der Waals surface area contributed by atoms with Crippen molar-refractivity contribution >= 4 is 12.0 Å². The van der Waals surface area contributed by atoms with E-state index in [1.54, 1.807) is 0 Å². The van der Waals surface area contributed by atoms with E-state index in [0.29, 0.717) is 12.4 Å². The van der Waals surface area contributed by atoms with E-state index in [0.717, 1.165) is 12.1 Å². The van der Waals surface area contributed by atoms with E-state index in [1.165, 1.54) is 0 Å². The number of nitrogens with zero attached hydrogens (tertiary/aromatic N) is 1. The average Bonchev–Trinajstić information content (AvgIpc) is 2.18. The molecule has 1 rings (SSSR count). The van der Waals surface area contributed by atoms with Gasteiger partial charge in [0.1, 0.15) is 12.0 Å². The zero-order valence-corrected chi connectivity index (χ0v) is 8.23. The van der Waals surface area contributed by atoms with Crippen LogP contribution in [0.25, 0.3) is 0 Å². The van der Waals surface area contributed by atoms with Gasteiger partial charge in [-0.2, -0.15) is 0 Å². The molecule has 0 heterocycles. The van der Waals surface area contributed by atoms with Crippen LogP contribution < -0.4 is 4.74 Å². The normalized spacial score (nSPS) is 11.0. The highest BCUT2D eigenvalue weighted by molar-refractivity contribution is 5.60. The molecule has 0 radical (unpaired) electrons. The molecule has 0 saturated heterocycles. The number of hydrogen-bond donors (Lipinski definition) is 0. The molecule has 0 unspecified atom stereocenters. The van der Waals surface area contributed by atoms with E-state index in [1.807, 2.05) is 0 Å². The van der Waals surface area contributed by atoms with E-state index in [9.17, 15) is 28.1 Å². The number of nitro benzene ring substituents is 1. The van der Waals surface area contributed by atoms with Gasteiger partial charge in [-0.15, -0.1) is 13.2 Å². The summed E-state index contributed by atoms with van der Waals surface area (Å²) in [5.74, 6) is -0.696. The van der Waals surface area contributed by atoms with Crippen LogP contribution in [0.3, 0.4) is 0 Å². The molecule has 1 aromatic rings. The Labute approximate surface area is 93.0 Å². The highest BCUT2D eigenvalue weighted by Gasteiger charge is 2.32. The van der Waals surface area contributed by atoms with E-state index in [4.69, 9.17) is 0 Å². The summed E-state index contributed by atoms with van der Waals surface area (Å²) in [4.78, 5) is 19.9. The Morgan fingerprint density at radius 1 is 1.41 bits per heavy atom. The maximum absolute atomic E-state index is 11.9. The van der Waals surface area contributed by atoms with Gasteiger partial charge in [0.15, 0.2) is 0 Å². The Hall–Kier alpha value is -2.12. The van der Waals surface area contributed by atoms with Crippen LogP contribution >= 0.6 is 0 Å². The minimum Gasteiger partial charge on any atom is -0.406 e. The zero-order valence-electron chi connectivity index (χ0n) is 8.23. The third kappa shape index (κ3) is 3.74. The number of hydrogen-bond acceptors (Lipinski definition) is 4. The van der Waals surface area contributed by atoms with Crippen LogP contribution in [0.1, 0.15) is 5.56 Å². The van der Waals surface area contributed by atoms with Crippen LogP contribution in [0.2, 0.25) is 0 Å². The molecule has 0 aliphatic carbocycles. The lowest BCUT2D eigenvalue weighted by Gasteiger charge is -2.09. The van der Waals surface area contributed by atoms with Gasteiger partial charge in [0, 0.05) is 12.0 Å². The zero-order chi connectivity index (χ0) is 13.1. The van der Waals surface area contributed by atoms with E-state index in [-0.39, 0.29) is 12.0 Å². The predicted molar refractivity (Wildman–Crippen MR) is 49.5 cm³/mol. The van der Waals surface area contributed by atoms with Gasteiger partial charge in [-0.05, 0) is 12.1 Å². The van der Waals surface area contributed by atoms with Crippen molar-refractivity contribution in [2.75, 3.05) is 0 Å². The lowest BCUT2D eigenvalue weighted by atomic mass is 10.1. The summed E-state index contributed by atoms with van der Waals surface area (Å²) < 4.78 is 39.2. The second-order valence-corrected chi connectivity index (χ2v) is 2.97. The molecule has 0 amide bonds. The molecule has 0 aliphatic rings. The SMILES string of the molecule is O=CCc1ccc(OC(F)(F)F)cc1[N+](=O)[O-]. The van der Waals surface area contributed by atoms with Crippen LogP contribution in [0, 0.1) is 10.1 Å². The minimum absolute atomic E-state index is 0.0273. The van der Waals surface area contributed by atoms with Gasteiger partial charge in [0.25, 0.3) is 5.69 Å². The molecule has 0 spiro atoms. The summed E-state index contributed by atoms with van der Waals surface area (Å²) in [5, 5.41) is 10.6. The Kier molecular flexibility index (Phi) is 3.66. The maximum atomic E-state index is 11.9. The monoisotopic (exact) mass is 249 g/mol. The second-order valence-electron chi connectivity index (χ2n) is 2.97. The highest BCUT2D eigenvalue weighted by Crippen LogP contribution is 2.28. The van der Waals surface area contributed by atoms with Gasteiger partial charge >= 0.3 is 6.36 Å². The van der Waals surface area contributed by atoms with Crippen molar-refractivity contribution in [3.63, 3.8) is 0 Å². The summed E-state index contributed by atoms with van der Waals surface area (Å²) in [6, 6.07) is 2.60. The lowest BCUT2D eigenvalue weighted by Crippen LogP contribution is -2.17. The van der Waals surface area contributed by atoms with Crippen molar-refractivity contribution < 1.29 is 27.6 Å². The molecule has 8 heteroatoms. The third-order valence-corrected chi connectivity index (χ3v) is 1.79. The smallest absolute Gasteiger partial charge is 0.406 e. The fourth-order valence-corrected chi connectivity index (χ4v) is 1.17. The van der Waals surface area contributed by atoms with Crippen LogP contribution in [-0.4, -0.2) is 17.6 Å². The van der Waals surface area contributed by atoms with Crippen molar-refractivity contribution in [2.45, 2.75) is 12.8 Å². The molecule has 0 fully saturated rings. The Balaban J connectivity index is 3.09. The number of rotatable bonds is 4. The van der Waals surface area contributed by atoms with Gasteiger partial charge in [0.2, 0.25) is 0 Å². The lowest BCUT2D eigenvalue weighted by molar-refractivity contribution is -0.385. The number of alkyl halides is 3. The summed E-state index contributed by atoms with van der Waals surface area (Å²) in [6.07, 6.45) is -4.74. The summed E-state index contributed by atoms with van der Waals surface area (Å²) in [7, 11) is 0. The fraction of sp³-hybridized carbons (Fsp3) is 0.222. The van der Waals surface area contributed by atoms with Crippen LogP contribution in [-0.2, 0) is 11.2 Å². The Morgan fingerprint density at radius 2 is 2.06 bits per heavy atom. The average molecular weight is 249 g/mol. The van der Waals surface area contributed by atoms with Gasteiger partial charge in [-0.25, -0.2) is 0 Å². The summed E-state index contributed by atoms with van der Waals surface area (Å²) in [5.41, 5.74) is -0.557. The molecule has 17 heavy (non-hydrogen) atoms.